The van der Waals surface area contributed by atoms with Crippen molar-refractivity contribution >= 4 is 5.91 Å². The third-order valence-corrected chi connectivity index (χ3v) is 6.10. The van der Waals surface area contributed by atoms with E-state index in [0.717, 1.165) is 24.4 Å². The molecule has 1 aromatic heterocycles. The summed E-state index contributed by atoms with van der Waals surface area (Å²) in [5.74, 6) is 0.193. The first-order valence-corrected chi connectivity index (χ1v) is 9.07. The summed E-state index contributed by atoms with van der Waals surface area (Å²) in [4.78, 5) is 14.6. The summed E-state index contributed by atoms with van der Waals surface area (Å²) in [6, 6.07) is 10.6. The highest BCUT2D eigenvalue weighted by Crippen LogP contribution is 2.64. The van der Waals surface area contributed by atoms with Gasteiger partial charge in [-0.15, -0.1) is 0 Å². The van der Waals surface area contributed by atoms with E-state index in [2.05, 4.69) is 61.3 Å². The summed E-state index contributed by atoms with van der Waals surface area (Å²) in [6.45, 7) is 9.45. The molecule has 1 N–H and O–H groups in total. The second-order valence-electron chi connectivity index (χ2n) is 8.18. The fourth-order valence-electron chi connectivity index (χ4n) is 4.01. The smallest absolute Gasteiger partial charge is 0.222 e. The molecule has 0 saturated heterocycles. The molecule has 1 atom stereocenters. The molecular weight excluding hydrogens is 310 g/mol. The molecule has 1 heterocycles. The average molecular weight is 339 g/mol. The van der Waals surface area contributed by atoms with Gasteiger partial charge < -0.3 is 4.90 Å². The third-order valence-electron chi connectivity index (χ3n) is 6.10. The highest BCUT2D eigenvalue weighted by Gasteiger charge is 2.62. The number of benzene rings is 1. The van der Waals surface area contributed by atoms with E-state index in [-0.39, 0.29) is 16.7 Å². The minimum atomic E-state index is 0.0809. The van der Waals surface area contributed by atoms with Gasteiger partial charge in [-0.05, 0) is 36.8 Å². The molecule has 1 aliphatic carbocycles. The van der Waals surface area contributed by atoms with Crippen molar-refractivity contribution < 1.29 is 4.79 Å². The van der Waals surface area contributed by atoms with E-state index < -0.39 is 0 Å². The lowest BCUT2D eigenvalue weighted by Gasteiger charge is -2.28. The van der Waals surface area contributed by atoms with Gasteiger partial charge in [0.2, 0.25) is 5.91 Å². The molecule has 25 heavy (non-hydrogen) atoms. The summed E-state index contributed by atoms with van der Waals surface area (Å²) >= 11 is 0. The van der Waals surface area contributed by atoms with Gasteiger partial charge in [-0.25, -0.2) is 0 Å². The number of aryl methyl sites for hydroxylation is 2. The van der Waals surface area contributed by atoms with Crippen LogP contribution in [0.5, 0.6) is 0 Å². The van der Waals surface area contributed by atoms with Crippen LogP contribution in [0.2, 0.25) is 0 Å². The molecule has 1 saturated carbocycles. The van der Waals surface area contributed by atoms with Gasteiger partial charge in [0.05, 0.1) is 5.69 Å². The van der Waals surface area contributed by atoms with Crippen LogP contribution in [0.25, 0.3) is 0 Å². The number of nitrogens with zero attached hydrogens (tertiary/aromatic N) is 2. The van der Waals surface area contributed by atoms with Gasteiger partial charge in [0.1, 0.15) is 0 Å². The second kappa shape index (κ2) is 6.32. The Morgan fingerprint density at radius 3 is 2.40 bits per heavy atom. The van der Waals surface area contributed by atoms with Crippen molar-refractivity contribution in [2.75, 3.05) is 13.6 Å². The number of aromatic nitrogens is 2. The number of hydrogen-bond donors (Lipinski definition) is 1. The largest absolute Gasteiger partial charge is 0.345 e. The molecule has 4 heteroatoms. The first-order valence-electron chi connectivity index (χ1n) is 9.07. The summed E-state index contributed by atoms with van der Waals surface area (Å²) in [5.41, 5.74) is 4.91. The number of H-pyrrole nitrogens is 1. The van der Waals surface area contributed by atoms with Gasteiger partial charge in [0.15, 0.2) is 0 Å². The number of carbonyl (C=O) groups excluding carboxylic acids is 1. The Bertz CT molecular complexity index is 763. The monoisotopic (exact) mass is 339 g/mol. The van der Waals surface area contributed by atoms with E-state index in [1.54, 1.807) is 0 Å². The van der Waals surface area contributed by atoms with Crippen LogP contribution >= 0.6 is 0 Å². The molecule has 1 amide bonds. The molecule has 0 spiro atoms. The van der Waals surface area contributed by atoms with Crippen molar-refractivity contribution in [1.82, 2.24) is 15.1 Å². The van der Waals surface area contributed by atoms with Gasteiger partial charge in [-0.1, -0.05) is 44.2 Å². The molecule has 2 aromatic rings. The SMILES string of the molecule is Cc1[nH]nc(CCC(=O)N(C)CC2(c3ccccc3)CC2(C)C)c1C. The van der Waals surface area contributed by atoms with E-state index in [9.17, 15) is 4.79 Å². The molecule has 0 radical (unpaired) electrons. The lowest BCUT2D eigenvalue weighted by molar-refractivity contribution is -0.130. The topological polar surface area (TPSA) is 49.0 Å². The van der Waals surface area contributed by atoms with Gasteiger partial charge in [0, 0.05) is 37.5 Å². The Morgan fingerprint density at radius 1 is 1.24 bits per heavy atom. The Hall–Kier alpha value is -2.10. The molecule has 1 aliphatic rings. The molecule has 0 bridgehead atoms. The van der Waals surface area contributed by atoms with Crippen molar-refractivity contribution in [3.05, 3.63) is 52.8 Å². The van der Waals surface area contributed by atoms with Crippen molar-refractivity contribution in [1.29, 1.82) is 0 Å². The van der Waals surface area contributed by atoms with Crippen LogP contribution in [0.4, 0.5) is 0 Å². The number of aromatic amines is 1. The molecule has 0 aliphatic heterocycles. The fraction of sp³-hybridized carbons (Fsp3) is 0.524. The molecule has 134 valence electrons. The zero-order valence-electron chi connectivity index (χ0n) is 16.0. The first kappa shape index (κ1) is 17.7. The Labute approximate surface area is 150 Å². The van der Waals surface area contributed by atoms with Crippen molar-refractivity contribution in [2.24, 2.45) is 5.41 Å². The zero-order valence-corrected chi connectivity index (χ0v) is 16.0. The minimum absolute atomic E-state index is 0.0809. The van der Waals surface area contributed by atoms with E-state index in [1.807, 2.05) is 18.9 Å². The highest BCUT2D eigenvalue weighted by molar-refractivity contribution is 5.76. The van der Waals surface area contributed by atoms with E-state index >= 15 is 0 Å². The molecule has 4 nitrogen and oxygen atoms in total. The van der Waals surface area contributed by atoms with E-state index in [0.29, 0.717) is 12.8 Å². The van der Waals surface area contributed by atoms with Gasteiger partial charge in [-0.2, -0.15) is 5.10 Å². The second-order valence-corrected chi connectivity index (χ2v) is 8.18. The minimum Gasteiger partial charge on any atom is -0.345 e. The predicted octanol–water partition coefficient (Wildman–Crippen LogP) is 3.79. The van der Waals surface area contributed by atoms with Crippen molar-refractivity contribution in [3.8, 4) is 0 Å². The number of nitrogens with one attached hydrogen (secondary N) is 1. The zero-order chi connectivity index (χ0) is 18.2. The van der Waals surface area contributed by atoms with Gasteiger partial charge >= 0.3 is 0 Å². The molecule has 1 aromatic carbocycles. The normalized spacial score (nSPS) is 21.2. The quantitative estimate of drug-likeness (QED) is 0.870. The maximum atomic E-state index is 12.7. The van der Waals surface area contributed by atoms with E-state index in [1.165, 1.54) is 11.1 Å². The van der Waals surface area contributed by atoms with Gasteiger partial charge in [0.25, 0.3) is 0 Å². The van der Waals surface area contributed by atoms with Gasteiger partial charge in [-0.3, -0.25) is 9.89 Å². The molecule has 1 fully saturated rings. The summed E-state index contributed by atoms with van der Waals surface area (Å²) in [6.07, 6.45) is 2.33. The van der Waals surface area contributed by atoms with Crippen molar-refractivity contribution in [3.63, 3.8) is 0 Å². The summed E-state index contributed by atoms with van der Waals surface area (Å²) in [7, 11) is 1.93. The van der Waals surface area contributed by atoms with Crippen LogP contribution in [0.3, 0.4) is 0 Å². The lowest BCUT2D eigenvalue weighted by Crippen LogP contribution is -2.36. The predicted molar refractivity (Wildman–Crippen MR) is 101 cm³/mol. The molecular formula is C21H29N3O. The molecule has 1 unspecified atom stereocenters. The maximum absolute atomic E-state index is 12.7. The maximum Gasteiger partial charge on any atom is 0.222 e. The summed E-state index contributed by atoms with van der Waals surface area (Å²) in [5, 5.41) is 7.30. The Morgan fingerprint density at radius 2 is 1.88 bits per heavy atom. The Balaban J connectivity index is 1.65. The average Bonchev–Trinajstić information content (AvgIpc) is 3.00. The fourth-order valence-corrected chi connectivity index (χ4v) is 4.01. The van der Waals surface area contributed by atoms with Crippen LogP contribution in [0, 0.1) is 19.3 Å². The van der Waals surface area contributed by atoms with Crippen LogP contribution in [0.15, 0.2) is 30.3 Å². The van der Waals surface area contributed by atoms with Crippen LogP contribution in [0.1, 0.15) is 49.2 Å². The molecule has 3 rings (SSSR count). The standard InChI is InChI=1S/C21H29N3O/c1-15-16(2)22-23-18(15)11-12-19(25)24(5)14-21(13-20(21,3)4)17-9-7-6-8-10-17/h6-10H,11-14H2,1-5H3,(H,22,23). The third kappa shape index (κ3) is 3.22. The number of rotatable bonds is 6. The number of carbonyl (C=O) groups is 1. The number of hydrogen-bond acceptors (Lipinski definition) is 2. The van der Waals surface area contributed by atoms with E-state index in [4.69, 9.17) is 0 Å². The number of amides is 1. The lowest BCUT2D eigenvalue weighted by atomic mass is 9.87. The Kier molecular flexibility index (Phi) is 4.48. The number of likely N-dealkylation sites (N-methyl/N-ethyl adjacent to an activating group) is 1. The summed E-state index contributed by atoms with van der Waals surface area (Å²) < 4.78 is 0. The highest BCUT2D eigenvalue weighted by atomic mass is 16.2. The van der Waals surface area contributed by atoms with Crippen LogP contribution in [-0.4, -0.2) is 34.6 Å². The van der Waals surface area contributed by atoms with Crippen LogP contribution < -0.4 is 0 Å². The first-order chi connectivity index (χ1) is 11.8. The van der Waals surface area contributed by atoms with Crippen LogP contribution in [-0.2, 0) is 16.6 Å². The van der Waals surface area contributed by atoms with Crippen molar-refractivity contribution in [2.45, 2.75) is 52.4 Å².